The van der Waals surface area contributed by atoms with Gasteiger partial charge in [0.15, 0.2) is 0 Å². The molecule has 0 aliphatic heterocycles. The average Bonchev–Trinajstić information content (AvgIpc) is 2.28. The summed E-state index contributed by atoms with van der Waals surface area (Å²) in [7, 11) is 0. The molecule has 1 aromatic carbocycles. The molecule has 0 N–H and O–H groups in total. The first-order valence-electron chi connectivity index (χ1n) is 6.59. The van der Waals surface area contributed by atoms with E-state index in [2.05, 4.69) is 45.0 Å². The number of benzene rings is 1. The molecule has 1 rings (SSSR count). The van der Waals surface area contributed by atoms with Gasteiger partial charge < -0.3 is 0 Å². The summed E-state index contributed by atoms with van der Waals surface area (Å²) < 4.78 is 0. The van der Waals surface area contributed by atoms with Crippen LogP contribution in [0.15, 0.2) is 30.3 Å². The van der Waals surface area contributed by atoms with Crippen LogP contribution in [0.4, 0.5) is 0 Å². The monoisotopic (exact) mass is 250 g/mol. The molecule has 0 aliphatic rings. The Morgan fingerprint density at radius 2 is 1.56 bits per heavy atom. The SMILES string of the molecule is CC(COOC(C)(C)C)C(C)(C)c1ccccc1. The van der Waals surface area contributed by atoms with Gasteiger partial charge in [-0.1, -0.05) is 51.1 Å². The van der Waals surface area contributed by atoms with Crippen molar-refractivity contribution in [2.75, 3.05) is 6.61 Å². The lowest BCUT2D eigenvalue weighted by Crippen LogP contribution is -2.31. The first-order valence-corrected chi connectivity index (χ1v) is 6.59. The summed E-state index contributed by atoms with van der Waals surface area (Å²) in [5, 5.41) is 0. The fourth-order valence-electron chi connectivity index (χ4n) is 1.67. The smallest absolute Gasteiger partial charge is 0.0952 e. The minimum atomic E-state index is -0.253. The van der Waals surface area contributed by atoms with Crippen molar-refractivity contribution >= 4 is 0 Å². The van der Waals surface area contributed by atoms with Crippen LogP contribution in [0.25, 0.3) is 0 Å². The molecular formula is C16H26O2. The molecule has 1 unspecified atom stereocenters. The summed E-state index contributed by atoms with van der Waals surface area (Å²) in [4.78, 5) is 10.7. The molecule has 2 heteroatoms. The second-order valence-corrected chi connectivity index (χ2v) is 6.47. The maximum atomic E-state index is 5.37. The van der Waals surface area contributed by atoms with Gasteiger partial charge in [0.1, 0.15) is 0 Å². The summed E-state index contributed by atoms with van der Waals surface area (Å²) in [6.45, 7) is 13.2. The lowest BCUT2D eigenvalue weighted by atomic mass is 9.75. The molecule has 0 heterocycles. The molecule has 0 aromatic heterocycles. The summed E-state index contributed by atoms with van der Waals surface area (Å²) in [5.74, 6) is 0.377. The Labute approximate surface area is 111 Å². The molecule has 0 bridgehead atoms. The third-order valence-corrected chi connectivity index (χ3v) is 3.38. The van der Waals surface area contributed by atoms with Crippen LogP contribution in [0.2, 0.25) is 0 Å². The lowest BCUT2D eigenvalue weighted by Gasteiger charge is -2.32. The predicted octanol–water partition coefficient (Wildman–Crippen LogP) is 4.35. The molecule has 2 nitrogen and oxygen atoms in total. The van der Waals surface area contributed by atoms with Gasteiger partial charge in [0.2, 0.25) is 0 Å². The predicted molar refractivity (Wildman–Crippen MR) is 75.4 cm³/mol. The minimum Gasteiger partial charge on any atom is -0.236 e. The van der Waals surface area contributed by atoms with E-state index < -0.39 is 0 Å². The fourth-order valence-corrected chi connectivity index (χ4v) is 1.67. The van der Waals surface area contributed by atoms with Crippen LogP contribution in [0, 0.1) is 5.92 Å². The highest BCUT2D eigenvalue weighted by Gasteiger charge is 2.28. The van der Waals surface area contributed by atoms with E-state index in [0.29, 0.717) is 12.5 Å². The Bertz CT molecular complexity index is 349. The highest BCUT2D eigenvalue weighted by Crippen LogP contribution is 2.31. The molecule has 1 aromatic rings. The first kappa shape index (κ1) is 15.2. The van der Waals surface area contributed by atoms with Gasteiger partial charge in [0.05, 0.1) is 12.2 Å². The van der Waals surface area contributed by atoms with Crippen molar-refractivity contribution in [2.45, 2.75) is 52.6 Å². The van der Waals surface area contributed by atoms with Crippen molar-refractivity contribution < 1.29 is 9.78 Å². The lowest BCUT2D eigenvalue weighted by molar-refractivity contribution is -0.354. The highest BCUT2D eigenvalue weighted by molar-refractivity contribution is 5.24. The molecule has 0 amide bonds. The Hall–Kier alpha value is -0.860. The highest BCUT2D eigenvalue weighted by atomic mass is 17.2. The molecule has 0 saturated carbocycles. The summed E-state index contributed by atoms with van der Waals surface area (Å²) in [6, 6.07) is 10.5. The zero-order valence-corrected chi connectivity index (χ0v) is 12.5. The van der Waals surface area contributed by atoms with Gasteiger partial charge in [0.25, 0.3) is 0 Å². The zero-order valence-electron chi connectivity index (χ0n) is 12.5. The van der Waals surface area contributed by atoms with Crippen molar-refractivity contribution in [2.24, 2.45) is 5.92 Å². The quantitative estimate of drug-likeness (QED) is 0.571. The summed E-state index contributed by atoms with van der Waals surface area (Å²) in [6.07, 6.45) is 0. The topological polar surface area (TPSA) is 18.5 Å². The van der Waals surface area contributed by atoms with E-state index in [1.807, 2.05) is 26.8 Å². The van der Waals surface area contributed by atoms with Crippen LogP contribution in [-0.2, 0) is 15.2 Å². The van der Waals surface area contributed by atoms with Crippen LogP contribution >= 0.6 is 0 Å². The van der Waals surface area contributed by atoms with E-state index in [-0.39, 0.29) is 11.0 Å². The minimum absolute atomic E-state index is 0.0719. The Kier molecular flexibility index (Phi) is 4.94. The molecule has 18 heavy (non-hydrogen) atoms. The normalized spacial score (nSPS) is 14.6. The van der Waals surface area contributed by atoms with Crippen LogP contribution in [0.5, 0.6) is 0 Å². The maximum absolute atomic E-state index is 5.37. The van der Waals surface area contributed by atoms with Gasteiger partial charge in [-0.15, -0.1) is 0 Å². The largest absolute Gasteiger partial charge is 0.236 e. The summed E-state index contributed by atoms with van der Waals surface area (Å²) >= 11 is 0. The van der Waals surface area contributed by atoms with Crippen LogP contribution in [0.3, 0.4) is 0 Å². The van der Waals surface area contributed by atoms with E-state index >= 15 is 0 Å². The van der Waals surface area contributed by atoms with Gasteiger partial charge in [-0.3, -0.25) is 0 Å². The standard InChI is InChI=1S/C16H26O2/c1-13(12-17-18-15(2,3)4)16(5,6)14-10-8-7-9-11-14/h7-11,13H,12H2,1-6H3. The van der Waals surface area contributed by atoms with Crippen LogP contribution in [-0.4, -0.2) is 12.2 Å². The van der Waals surface area contributed by atoms with Crippen LogP contribution in [0.1, 0.15) is 47.1 Å². The van der Waals surface area contributed by atoms with Gasteiger partial charge in [-0.05, 0) is 37.7 Å². The van der Waals surface area contributed by atoms with Crippen molar-refractivity contribution in [3.05, 3.63) is 35.9 Å². The van der Waals surface area contributed by atoms with Crippen molar-refractivity contribution in [1.82, 2.24) is 0 Å². The average molecular weight is 250 g/mol. The Morgan fingerprint density at radius 1 is 1.00 bits per heavy atom. The zero-order chi connectivity index (χ0) is 13.8. The van der Waals surface area contributed by atoms with Crippen molar-refractivity contribution in [3.63, 3.8) is 0 Å². The fraction of sp³-hybridized carbons (Fsp3) is 0.625. The van der Waals surface area contributed by atoms with Crippen LogP contribution < -0.4 is 0 Å². The van der Waals surface area contributed by atoms with Gasteiger partial charge in [0, 0.05) is 0 Å². The van der Waals surface area contributed by atoms with Gasteiger partial charge >= 0.3 is 0 Å². The molecule has 0 aliphatic carbocycles. The Morgan fingerprint density at radius 3 is 2.06 bits per heavy atom. The maximum Gasteiger partial charge on any atom is 0.0952 e. The molecular weight excluding hydrogens is 224 g/mol. The van der Waals surface area contributed by atoms with E-state index in [0.717, 1.165) is 0 Å². The number of hydrogen-bond donors (Lipinski definition) is 0. The number of rotatable bonds is 5. The Balaban J connectivity index is 2.58. The second kappa shape index (κ2) is 5.85. The molecule has 0 saturated heterocycles. The van der Waals surface area contributed by atoms with Gasteiger partial charge in [-0.2, -0.15) is 0 Å². The molecule has 0 fully saturated rings. The summed E-state index contributed by atoms with van der Waals surface area (Å²) in [5.41, 5.74) is 1.15. The van der Waals surface area contributed by atoms with Crippen molar-refractivity contribution in [1.29, 1.82) is 0 Å². The third-order valence-electron chi connectivity index (χ3n) is 3.38. The van der Waals surface area contributed by atoms with E-state index in [1.54, 1.807) is 0 Å². The molecule has 0 spiro atoms. The second-order valence-electron chi connectivity index (χ2n) is 6.47. The van der Waals surface area contributed by atoms with E-state index in [9.17, 15) is 0 Å². The molecule has 102 valence electrons. The third kappa shape index (κ3) is 4.43. The molecule has 1 atom stereocenters. The van der Waals surface area contributed by atoms with Gasteiger partial charge in [-0.25, -0.2) is 9.78 Å². The van der Waals surface area contributed by atoms with Crippen molar-refractivity contribution in [3.8, 4) is 0 Å². The molecule has 0 radical (unpaired) electrons. The van der Waals surface area contributed by atoms with E-state index in [1.165, 1.54) is 5.56 Å². The van der Waals surface area contributed by atoms with E-state index in [4.69, 9.17) is 9.78 Å². The first-order chi connectivity index (χ1) is 8.23. The number of hydrogen-bond acceptors (Lipinski definition) is 2.